The van der Waals surface area contributed by atoms with Crippen LogP contribution in [0.5, 0.6) is 0 Å². The molecule has 2 aromatic heterocycles. The number of fused-ring (bicyclic) bond motifs is 1. The molecule has 0 aliphatic carbocycles. The average Bonchev–Trinajstić information content (AvgIpc) is 2.65. The van der Waals surface area contributed by atoms with Gasteiger partial charge in [0.2, 0.25) is 5.91 Å². The topological polar surface area (TPSA) is 108 Å². The van der Waals surface area contributed by atoms with E-state index in [4.69, 9.17) is 10.5 Å². The van der Waals surface area contributed by atoms with Crippen molar-refractivity contribution in [3.8, 4) is 0 Å². The number of rotatable bonds is 5. The molecule has 1 amide bonds. The number of primary amides is 1. The highest BCUT2D eigenvalue weighted by Gasteiger charge is 2.19. The van der Waals surface area contributed by atoms with Gasteiger partial charge in [0, 0.05) is 14.2 Å². The normalized spacial score (nSPS) is 12.6. The van der Waals surface area contributed by atoms with Crippen molar-refractivity contribution in [3.05, 3.63) is 10.9 Å². The Kier molecular flexibility index (Phi) is 3.96. The van der Waals surface area contributed by atoms with Gasteiger partial charge in [0.25, 0.3) is 0 Å². The van der Waals surface area contributed by atoms with Gasteiger partial charge in [0.05, 0.1) is 12.0 Å². The highest BCUT2D eigenvalue weighted by atomic mass is 79.9. The SMILES string of the molecule is COC[C@@H](Nc1ncnc2c1c(Br)nn2C)C(N)=O. The second-order valence-electron chi connectivity index (χ2n) is 3.89. The van der Waals surface area contributed by atoms with Crippen LogP contribution in [0.4, 0.5) is 5.82 Å². The van der Waals surface area contributed by atoms with Gasteiger partial charge < -0.3 is 15.8 Å². The van der Waals surface area contributed by atoms with Crippen LogP contribution >= 0.6 is 15.9 Å². The molecule has 0 fully saturated rings. The Morgan fingerprint density at radius 2 is 2.37 bits per heavy atom. The molecule has 0 bridgehead atoms. The number of hydrogen-bond acceptors (Lipinski definition) is 6. The number of ether oxygens (including phenoxy) is 1. The largest absolute Gasteiger partial charge is 0.382 e. The molecule has 102 valence electrons. The van der Waals surface area contributed by atoms with Crippen molar-refractivity contribution in [1.29, 1.82) is 0 Å². The number of halogens is 1. The molecule has 0 unspecified atom stereocenters. The third-order valence-electron chi connectivity index (χ3n) is 2.57. The predicted molar refractivity (Wildman–Crippen MR) is 72.5 cm³/mol. The fraction of sp³-hybridized carbons (Fsp3) is 0.400. The highest BCUT2D eigenvalue weighted by molar-refractivity contribution is 9.10. The van der Waals surface area contributed by atoms with E-state index >= 15 is 0 Å². The van der Waals surface area contributed by atoms with Crippen LogP contribution in [0.3, 0.4) is 0 Å². The van der Waals surface area contributed by atoms with Crippen molar-refractivity contribution in [2.75, 3.05) is 19.0 Å². The summed E-state index contributed by atoms with van der Waals surface area (Å²) in [4.78, 5) is 19.6. The number of anilines is 1. The Balaban J connectivity index is 2.42. The Hall–Kier alpha value is -1.74. The summed E-state index contributed by atoms with van der Waals surface area (Å²) in [5.41, 5.74) is 5.94. The number of aryl methyl sites for hydroxylation is 1. The molecule has 2 aromatic rings. The highest BCUT2D eigenvalue weighted by Crippen LogP contribution is 2.27. The minimum Gasteiger partial charge on any atom is -0.382 e. The Labute approximate surface area is 117 Å². The molecule has 2 heterocycles. The van der Waals surface area contributed by atoms with Crippen molar-refractivity contribution in [2.45, 2.75) is 6.04 Å². The van der Waals surface area contributed by atoms with Crippen molar-refractivity contribution < 1.29 is 9.53 Å². The number of hydrogen-bond donors (Lipinski definition) is 2. The fourth-order valence-corrected chi connectivity index (χ4v) is 2.28. The second-order valence-corrected chi connectivity index (χ2v) is 4.64. The maximum absolute atomic E-state index is 11.3. The van der Waals surface area contributed by atoms with Gasteiger partial charge in [-0.25, -0.2) is 14.6 Å². The van der Waals surface area contributed by atoms with E-state index < -0.39 is 11.9 Å². The van der Waals surface area contributed by atoms with E-state index in [-0.39, 0.29) is 6.61 Å². The first-order chi connectivity index (χ1) is 9.04. The Morgan fingerprint density at radius 3 is 3.00 bits per heavy atom. The molecule has 3 N–H and O–H groups in total. The van der Waals surface area contributed by atoms with Gasteiger partial charge in [-0.1, -0.05) is 0 Å². The van der Waals surface area contributed by atoms with Crippen molar-refractivity contribution in [2.24, 2.45) is 12.8 Å². The third-order valence-corrected chi connectivity index (χ3v) is 3.12. The smallest absolute Gasteiger partial charge is 0.242 e. The summed E-state index contributed by atoms with van der Waals surface area (Å²) in [6, 6.07) is -0.671. The van der Waals surface area contributed by atoms with E-state index in [1.165, 1.54) is 13.4 Å². The molecule has 0 saturated carbocycles. The zero-order valence-corrected chi connectivity index (χ0v) is 12.0. The van der Waals surface area contributed by atoms with Gasteiger partial charge in [-0.3, -0.25) is 4.79 Å². The zero-order valence-electron chi connectivity index (χ0n) is 10.4. The number of nitrogens with one attached hydrogen (secondary N) is 1. The first-order valence-corrected chi connectivity index (χ1v) is 6.22. The van der Waals surface area contributed by atoms with Crippen LogP contribution in [0.1, 0.15) is 0 Å². The van der Waals surface area contributed by atoms with Crippen LogP contribution in [-0.2, 0) is 16.6 Å². The van der Waals surface area contributed by atoms with Gasteiger partial charge in [0.1, 0.15) is 22.8 Å². The van der Waals surface area contributed by atoms with E-state index in [1.54, 1.807) is 11.7 Å². The van der Waals surface area contributed by atoms with Crippen LogP contribution in [0.25, 0.3) is 11.0 Å². The van der Waals surface area contributed by atoms with E-state index in [0.717, 1.165) is 0 Å². The minimum atomic E-state index is -0.671. The lowest BCUT2D eigenvalue weighted by Gasteiger charge is -2.15. The van der Waals surface area contributed by atoms with Gasteiger partial charge >= 0.3 is 0 Å². The number of nitrogens with zero attached hydrogens (tertiary/aromatic N) is 4. The molecule has 19 heavy (non-hydrogen) atoms. The molecule has 0 spiro atoms. The minimum absolute atomic E-state index is 0.151. The molecular formula is C10H13BrN6O2. The van der Waals surface area contributed by atoms with Crippen molar-refractivity contribution >= 4 is 38.7 Å². The number of aromatic nitrogens is 4. The van der Waals surface area contributed by atoms with Gasteiger partial charge in [-0.05, 0) is 15.9 Å². The number of carbonyl (C=O) groups excluding carboxylic acids is 1. The van der Waals surface area contributed by atoms with Crippen molar-refractivity contribution in [3.63, 3.8) is 0 Å². The summed E-state index contributed by atoms with van der Waals surface area (Å²) in [6.45, 7) is 0.151. The zero-order chi connectivity index (χ0) is 14.0. The lowest BCUT2D eigenvalue weighted by atomic mass is 10.3. The molecule has 0 aromatic carbocycles. The number of amides is 1. The van der Waals surface area contributed by atoms with Crippen LogP contribution < -0.4 is 11.1 Å². The van der Waals surface area contributed by atoms with E-state index in [2.05, 4.69) is 36.3 Å². The summed E-state index contributed by atoms with van der Waals surface area (Å²) < 4.78 is 7.15. The van der Waals surface area contributed by atoms with Gasteiger partial charge in [-0.15, -0.1) is 0 Å². The summed E-state index contributed by atoms with van der Waals surface area (Å²) in [5.74, 6) is -0.0422. The molecule has 2 rings (SSSR count). The number of carbonyl (C=O) groups is 1. The fourth-order valence-electron chi connectivity index (χ4n) is 1.68. The van der Waals surface area contributed by atoms with Crippen molar-refractivity contribution in [1.82, 2.24) is 19.7 Å². The standard InChI is InChI=1S/C10H13BrN6O2/c1-17-10-6(7(11)16-17)9(13-4-14-10)15-5(3-19-2)8(12)18/h4-5H,3H2,1-2H3,(H2,12,18)(H,13,14,15)/t5-/m1/s1. The second kappa shape index (κ2) is 5.49. The maximum atomic E-state index is 11.3. The van der Waals surface area contributed by atoms with Crippen LogP contribution in [0.15, 0.2) is 10.9 Å². The van der Waals surface area contributed by atoms with E-state index in [0.29, 0.717) is 21.5 Å². The molecule has 0 aliphatic rings. The third kappa shape index (κ3) is 2.66. The lowest BCUT2D eigenvalue weighted by molar-refractivity contribution is -0.119. The quantitative estimate of drug-likeness (QED) is 0.802. The lowest BCUT2D eigenvalue weighted by Crippen LogP contribution is -2.39. The van der Waals surface area contributed by atoms with Crippen LogP contribution in [0.2, 0.25) is 0 Å². The predicted octanol–water partition coefficient (Wildman–Crippen LogP) is 0.0380. The Bertz CT molecular complexity index is 613. The number of methoxy groups -OCH3 is 1. The maximum Gasteiger partial charge on any atom is 0.242 e. The Morgan fingerprint density at radius 1 is 1.63 bits per heavy atom. The molecule has 9 heteroatoms. The summed E-state index contributed by atoms with van der Waals surface area (Å²) in [6.07, 6.45) is 1.39. The molecule has 1 atom stereocenters. The average molecular weight is 329 g/mol. The monoisotopic (exact) mass is 328 g/mol. The summed E-state index contributed by atoms with van der Waals surface area (Å²) in [7, 11) is 3.26. The number of nitrogens with two attached hydrogens (primary N) is 1. The van der Waals surface area contributed by atoms with E-state index in [9.17, 15) is 4.79 Å². The first kappa shape index (κ1) is 13.7. The summed E-state index contributed by atoms with van der Waals surface area (Å²) >= 11 is 3.34. The first-order valence-electron chi connectivity index (χ1n) is 5.42. The van der Waals surface area contributed by atoms with Gasteiger partial charge in [0.15, 0.2) is 5.65 Å². The van der Waals surface area contributed by atoms with Gasteiger partial charge in [-0.2, -0.15) is 5.10 Å². The molecular weight excluding hydrogens is 316 g/mol. The molecule has 0 saturated heterocycles. The summed E-state index contributed by atoms with van der Waals surface area (Å²) in [5, 5.41) is 7.82. The van der Waals surface area contributed by atoms with Crippen LogP contribution in [-0.4, -0.2) is 45.4 Å². The molecule has 8 nitrogen and oxygen atoms in total. The molecule has 0 radical (unpaired) electrons. The van der Waals surface area contributed by atoms with E-state index in [1.807, 2.05) is 0 Å². The van der Waals surface area contributed by atoms with Crippen LogP contribution in [0, 0.1) is 0 Å². The molecule has 0 aliphatic heterocycles.